The summed E-state index contributed by atoms with van der Waals surface area (Å²) in [5.74, 6) is -0.201. The van der Waals surface area contributed by atoms with E-state index < -0.39 is 5.97 Å². The summed E-state index contributed by atoms with van der Waals surface area (Å²) in [7, 11) is 3.95. The summed E-state index contributed by atoms with van der Waals surface area (Å²) in [5, 5.41) is 2.68. The predicted molar refractivity (Wildman–Crippen MR) is 113 cm³/mol. The summed E-state index contributed by atoms with van der Waals surface area (Å²) < 4.78 is 11.0. The summed E-state index contributed by atoms with van der Waals surface area (Å²) in [4.78, 5) is 26.3. The standard InChI is InChI=1S/C23H28N2O4/c1-17(2)29-20-12-10-18(11-13-20)16-21(23(27)28-15-14-25(3)4)24-22(26)19-8-6-5-7-9-19/h5-13,16-17H,14-15H2,1-4H3,(H,24,26)/p+1/b21-16-. The minimum Gasteiger partial charge on any atom is -0.491 e. The number of nitrogens with one attached hydrogen (secondary N) is 2. The van der Waals surface area contributed by atoms with Crippen molar-refractivity contribution < 1.29 is 24.0 Å². The van der Waals surface area contributed by atoms with Gasteiger partial charge in [-0.2, -0.15) is 0 Å². The smallest absolute Gasteiger partial charge is 0.355 e. The summed E-state index contributed by atoms with van der Waals surface area (Å²) in [6.45, 7) is 4.85. The van der Waals surface area contributed by atoms with Crippen LogP contribution in [-0.4, -0.2) is 45.2 Å². The van der Waals surface area contributed by atoms with E-state index in [1.54, 1.807) is 30.3 Å². The van der Waals surface area contributed by atoms with E-state index in [9.17, 15) is 9.59 Å². The predicted octanol–water partition coefficient (Wildman–Crippen LogP) is 1.93. The highest BCUT2D eigenvalue weighted by atomic mass is 16.5. The van der Waals surface area contributed by atoms with E-state index >= 15 is 0 Å². The van der Waals surface area contributed by atoms with Crippen molar-refractivity contribution in [2.75, 3.05) is 27.2 Å². The first-order valence-corrected chi connectivity index (χ1v) is 9.66. The molecule has 0 aliphatic rings. The van der Waals surface area contributed by atoms with Crippen molar-refractivity contribution in [3.8, 4) is 5.75 Å². The number of hydrogen-bond acceptors (Lipinski definition) is 4. The number of carbonyl (C=O) groups is 2. The van der Waals surface area contributed by atoms with Crippen LogP contribution >= 0.6 is 0 Å². The molecule has 0 heterocycles. The Morgan fingerprint density at radius 1 is 1.03 bits per heavy atom. The second kappa shape index (κ2) is 11.0. The Morgan fingerprint density at radius 2 is 1.69 bits per heavy atom. The zero-order chi connectivity index (χ0) is 21.2. The van der Waals surface area contributed by atoms with Gasteiger partial charge in [0.15, 0.2) is 0 Å². The highest BCUT2D eigenvalue weighted by Gasteiger charge is 2.16. The molecule has 0 aliphatic heterocycles. The lowest BCUT2D eigenvalue weighted by atomic mass is 10.1. The molecule has 2 aromatic carbocycles. The topological polar surface area (TPSA) is 69.1 Å². The maximum Gasteiger partial charge on any atom is 0.355 e. The molecule has 2 aromatic rings. The zero-order valence-electron chi connectivity index (χ0n) is 17.4. The van der Waals surface area contributed by atoms with Gasteiger partial charge in [-0.3, -0.25) is 4.79 Å². The fraction of sp³-hybridized carbons (Fsp3) is 0.304. The van der Waals surface area contributed by atoms with Crippen LogP contribution in [0.5, 0.6) is 5.75 Å². The van der Waals surface area contributed by atoms with E-state index in [2.05, 4.69) is 5.32 Å². The Morgan fingerprint density at radius 3 is 2.28 bits per heavy atom. The Balaban J connectivity index is 2.19. The van der Waals surface area contributed by atoms with Gasteiger partial charge in [-0.15, -0.1) is 0 Å². The number of amides is 1. The minimum absolute atomic E-state index is 0.0749. The highest BCUT2D eigenvalue weighted by Crippen LogP contribution is 2.16. The third-order valence-corrected chi connectivity index (χ3v) is 3.90. The van der Waals surface area contributed by atoms with Crippen molar-refractivity contribution >= 4 is 18.0 Å². The summed E-state index contributed by atoms with van der Waals surface area (Å²) >= 11 is 0. The minimum atomic E-state index is -0.571. The van der Waals surface area contributed by atoms with Crippen LogP contribution in [0.15, 0.2) is 60.3 Å². The maximum atomic E-state index is 12.6. The molecule has 0 radical (unpaired) electrons. The molecule has 0 atom stereocenters. The quantitative estimate of drug-likeness (QED) is 0.501. The molecule has 6 nitrogen and oxygen atoms in total. The molecular formula is C23H29N2O4+. The fourth-order valence-electron chi connectivity index (χ4n) is 2.44. The van der Waals surface area contributed by atoms with E-state index in [0.29, 0.717) is 12.1 Å². The molecule has 2 N–H and O–H groups in total. The van der Waals surface area contributed by atoms with Crippen LogP contribution in [0.25, 0.3) is 6.08 Å². The van der Waals surface area contributed by atoms with Crippen molar-refractivity contribution in [2.24, 2.45) is 0 Å². The molecule has 6 heteroatoms. The van der Waals surface area contributed by atoms with Gasteiger partial charge < -0.3 is 19.7 Å². The van der Waals surface area contributed by atoms with Gasteiger partial charge in [0, 0.05) is 5.56 Å². The van der Waals surface area contributed by atoms with Gasteiger partial charge >= 0.3 is 5.97 Å². The molecule has 0 saturated carbocycles. The first-order valence-electron chi connectivity index (χ1n) is 9.66. The number of benzene rings is 2. The Kier molecular flexibility index (Phi) is 8.43. The van der Waals surface area contributed by atoms with Crippen LogP contribution < -0.4 is 15.0 Å². The lowest BCUT2D eigenvalue weighted by Crippen LogP contribution is -3.06. The third-order valence-electron chi connectivity index (χ3n) is 3.90. The molecule has 2 rings (SSSR count). The molecule has 0 spiro atoms. The van der Waals surface area contributed by atoms with E-state index in [-0.39, 0.29) is 24.3 Å². The summed E-state index contributed by atoms with van der Waals surface area (Å²) in [5.41, 5.74) is 1.30. The average molecular weight is 397 g/mol. The average Bonchev–Trinajstić information content (AvgIpc) is 2.68. The van der Waals surface area contributed by atoms with E-state index in [1.165, 1.54) is 0 Å². The normalized spacial score (nSPS) is 11.4. The Labute approximate surface area is 172 Å². The van der Waals surface area contributed by atoms with Gasteiger partial charge in [0.1, 0.15) is 24.6 Å². The molecule has 29 heavy (non-hydrogen) atoms. The van der Waals surface area contributed by atoms with Crippen molar-refractivity contribution in [2.45, 2.75) is 20.0 Å². The molecule has 1 amide bonds. The number of quaternary nitrogens is 1. The molecule has 0 aromatic heterocycles. The lowest BCUT2D eigenvalue weighted by molar-refractivity contribution is -0.858. The number of likely N-dealkylation sites (N-methyl/N-ethyl adjacent to an activating group) is 1. The number of hydrogen-bond donors (Lipinski definition) is 2. The molecule has 0 saturated heterocycles. The Hall–Kier alpha value is -3.12. The highest BCUT2D eigenvalue weighted by molar-refractivity contribution is 6.03. The van der Waals surface area contributed by atoms with Gasteiger partial charge in [0.2, 0.25) is 0 Å². The molecule has 0 unspecified atom stereocenters. The van der Waals surface area contributed by atoms with Gasteiger partial charge in [-0.25, -0.2) is 4.79 Å². The molecule has 0 aliphatic carbocycles. The van der Waals surface area contributed by atoms with Gasteiger partial charge in [0.25, 0.3) is 5.91 Å². The molecule has 0 fully saturated rings. The largest absolute Gasteiger partial charge is 0.491 e. The third kappa shape index (κ3) is 7.79. The second-order valence-corrected chi connectivity index (χ2v) is 7.21. The van der Waals surface area contributed by atoms with Crippen LogP contribution in [0.3, 0.4) is 0 Å². The zero-order valence-corrected chi connectivity index (χ0v) is 17.4. The van der Waals surface area contributed by atoms with Gasteiger partial charge in [0.05, 0.1) is 20.2 Å². The van der Waals surface area contributed by atoms with Crippen molar-refractivity contribution in [3.63, 3.8) is 0 Å². The van der Waals surface area contributed by atoms with Crippen LogP contribution in [0, 0.1) is 0 Å². The lowest BCUT2D eigenvalue weighted by Gasteiger charge is -2.12. The molecule has 154 valence electrons. The second-order valence-electron chi connectivity index (χ2n) is 7.21. The molecular weight excluding hydrogens is 368 g/mol. The van der Waals surface area contributed by atoms with Crippen molar-refractivity contribution in [3.05, 3.63) is 71.4 Å². The summed E-state index contributed by atoms with van der Waals surface area (Å²) in [6.07, 6.45) is 1.68. The van der Waals surface area contributed by atoms with Gasteiger partial charge in [-0.05, 0) is 49.8 Å². The monoisotopic (exact) mass is 397 g/mol. The number of carbonyl (C=O) groups excluding carboxylic acids is 2. The van der Waals surface area contributed by atoms with E-state index in [1.807, 2.05) is 58.3 Å². The van der Waals surface area contributed by atoms with Crippen LogP contribution in [0.2, 0.25) is 0 Å². The fourth-order valence-corrected chi connectivity index (χ4v) is 2.44. The van der Waals surface area contributed by atoms with Crippen LogP contribution in [0.4, 0.5) is 0 Å². The van der Waals surface area contributed by atoms with Crippen molar-refractivity contribution in [1.29, 1.82) is 0 Å². The number of ether oxygens (including phenoxy) is 2. The van der Waals surface area contributed by atoms with Crippen molar-refractivity contribution in [1.82, 2.24) is 5.32 Å². The molecule has 0 bridgehead atoms. The van der Waals surface area contributed by atoms with Crippen LogP contribution in [-0.2, 0) is 9.53 Å². The SMILES string of the molecule is CC(C)Oc1ccc(/C=C(\NC(=O)c2ccccc2)C(=O)OCC[NH+](C)C)cc1. The summed E-state index contributed by atoms with van der Waals surface area (Å²) in [6, 6.07) is 16.0. The van der Waals surface area contributed by atoms with Gasteiger partial charge in [-0.1, -0.05) is 30.3 Å². The number of rotatable bonds is 9. The Bertz CT molecular complexity index is 828. The first kappa shape index (κ1) is 22.2. The van der Waals surface area contributed by atoms with Crippen LogP contribution in [0.1, 0.15) is 29.8 Å². The van der Waals surface area contributed by atoms with E-state index in [0.717, 1.165) is 16.2 Å². The maximum absolute atomic E-state index is 12.6. The van der Waals surface area contributed by atoms with E-state index in [4.69, 9.17) is 9.47 Å². The first-order chi connectivity index (χ1) is 13.8. The number of esters is 1.